The summed E-state index contributed by atoms with van der Waals surface area (Å²) in [6.45, 7) is 4.12. The standard InChI is InChI=1S/C12H15ClFN/c1-8-4-11(13)12(14)6-10(8)5-9-2-3-15-7-9/h4,6,9,15H,2-3,5,7H2,1H3. The summed E-state index contributed by atoms with van der Waals surface area (Å²) >= 11 is 5.72. The SMILES string of the molecule is Cc1cc(Cl)c(F)cc1CC1CCNC1. The minimum absolute atomic E-state index is 0.223. The van der Waals surface area contributed by atoms with Gasteiger partial charge in [0.25, 0.3) is 0 Å². The van der Waals surface area contributed by atoms with Crippen LogP contribution in [0, 0.1) is 18.7 Å². The Kier molecular flexibility index (Phi) is 3.27. The van der Waals surface area contributed by atoms with Gasteiger partial charge in [0.05, 0.1) is 5.02 Å². The van der Waals surface area contributed by atoms with Crippen molar-refractivity contribution >= 4 is 11.6 Å². The van der Waals surface area contributed by atoms with Crippen molar-refractivity contribution in [1.29, 1.82) is 0 Å². The Bertz CT molecular complexity index is 359. The third-order valence-corrected chi connectivity index (χ3v) is 3.34. The van der Waals surface area contributed by atoms with Gasteiger partial charge in [-0.3, -0.25) is 0 Å². The lowest BCUT2D eigenvalue weighted by atomic mass is 9.95. The van der Waals surface area contributed by atoms with Gasteiger partial charge in [-0.15, -0.1) is 0 Å². The van der Waals surface area contributed by atoms with E-state index in [1.807, 2.05) is 6.92 Å². The van der Waals surface area contributed by atoms with Crippen LogP contribution in [-0.2, 0) is 6.42 Å². The van der Waals surface area contributed by atoms with Crippen molar-refractivity contribution in [3.05, 3.63) is 34.1 Å². The summed E-state index contributed by atoms with van der Waals surface area (Å²) in [5.74, 6) is 0.340. The lowest BCUT2D eigenvalue weighted by Gasteiger charge is -2.11. The van der Waals surface area contributed by atoms with Crippen molar-refractivity contribution in [2.24, 2.45) is 5.92 Å². The second kappa shape index (κ2) is 4.50. The summed E-state index contributed by atoms with van der Waals surface area (Å²) < 4.78 is 13.3. The quantitative estimate of drug-likeness (QED) is 0.819. The largest absolute Gasteiger partial charge is 0.316 e. The van der Waals surface area contributed by atoms with E-state index in [1.165, 1.54) is 6.42 Å². The molecule has 1 nitrogen and oxygen atoms in total. The zero-order valence-corrected chi connectivity index (χ0v) is 9.57. The topological polar surface area (TPSA) is 12.0 Å². The van der Waals surface area contributed by atoms with E-state index in [-0.39, 0.29) is 10.8 Å². The van der Waals surface area contributed by atoms with Crippen molar-refractivity contribution in [2.75, 3.05) is 13.1 Å². The van der Waals surface area contributed by atoms with Gasteiger partial charge in [0, 0.05) is 0 Å². The molecule has 0 amide bonds. The summed E-state index contributed by atoms with van der Waals surface area (Å²) in [6.07, 6.45) is 2.14. The molecule has 1 N–H and O–H groups in total. The predicted molar refractivity (Wildman–Crippen MR) is 60.8 cm³/mol. The summed E-state index contributed by atoms with van der Waals surface area (Å²) in [7, 11) is 0. The average Bonchev–Trinajstić information content (AvgIpc) is 2.67. The third-order valence-electron chi connectivity index (χ3n) is 3.05. The first kappa shape index (κ1) is 10.9. The number of halogens is 2. The fourth-order valence-electron chi connectivity index (χ4n) is 2.11. The molecule has 0 aromatic heterocycles. The molecular weight excluding hydrogens is 213 g/mol. The number of hydrogen-bond acceptors (Lipinski definition) is 1. The molecule has 0 spiro atoms. The lowest BCUT2D eigenvalue weighted by Crippen LogP contribution is -2.11. The number of nitrogens with one attached hydrogen (secondary N) is 1. The van der Waals surface area contributed by atoms with E-state index < -0.39 is 0 Å². The van der Waals surface area contributed by atoms with E-state index in [0.717, 1.165) is 30.6 Å². The molecule has 3 heteroatoms. The number of aryl methyl sites for hydroxylation is 1. The highest BCUT2D eigenvalue weighted by atomic mass is 35.5. The Morgan fingerprint density at radius 2 is 2.33 bits per heavy atom. The van der Waals surface area contributed by atoms with Crippen LogP contribution >= 0.6 is 11.6 Å². The Balaban J connectivity index is 2.16. The molecule has 15 heavy (non-hydrogen) atoms. The van der Waals surface area contributed by atoms with Crippen LogP contribution in [0.3, 0.4) is 0 Å². The molecule has 1 aliphatic heterocycles. The van der Waals surface area contributed by atoms with Crippen molar-refractivity contribution < 1.29 is 4.39 Å². The maximum Gasteiger partial charge on any atom is 0.142 e. The highest BCUT2D eigenvalue weighted by molar-refractivity contribution is 6.30. The molecule has 1 atom stereocenters. The fraction of sp³-hybridized carbons (Fsp3) is 0.500. The first-order valence-electron chi connectivity index (χ1n) is 5.32. The summed E-state index contributed by atoms with van der Waals surface area (Å²) in [5, 5.41) is 3.54. The van der Waals surface area contributed by atoms with E-state index in [1.54, 1.807) is 12.1 Å². The molecule has 0 radical (unpaired) electrons. The highest BCUT2D eigenvalue weighted by Crippen LogP contribution is 2.23. The van der Waals surface area contributed by atoms with Gasteiger partial charge in [0.15, 0.2) is 0 Å². The smallest absolute Gasteiger partial charge is 0.142 e. The molecule has 1 heterocycles. The Morgan fingerprint density at radius 1 is 1.53 bits per heavy atom. The number of rotatable bonds is 2. The Hall–Kier alpha value is -0.600. The molecule has 2 rings (SSSR count). The van der Waals surface area contributed by atoms with Crippen molar-refractivity contribution in [2.45, 2.75) is 19.8 Å². The summed E-state index contributed by atoms with van der Waals surface area (Å²) in [4.78, 5) is 0. The van der Waals surface area contributed by atoms with Crippen LogP contribution in [-0.4, -0.2) is 13.1 Å². The molecule has 1 aliphatic rings. The molecule has 1 saturated heterocycles. The first-order valence-corrected chi connectivity index (χ1v) is 5.70. The zero-order valence-electron chi connectivity index (χ0n) is 8.82. The van der Waals surface area contributed by atoms with Crippen LogP contribution in [0.1, 0.15) is 17.5 Å². The minimum Gasteiger partial charge on any atom is -0.316 e. The van der Waals surface area contributed by atoms with E-state index in [0.29, 0.717) is 5.92 Å². The van der Waals surface area contributed by atoms with Crippen LogP contribution < -0.4 is 5.32 Å². The molecule has 1 unspecified atom stereocenters. The molecule has 1 aromatic rings. The molecule has 1 fully saturated rings. The van der Waals surface area contributed by atoms with E-state index in [2.05, 4.69) is 5.32 Å². The molecular formula is C12H15ClFN. The zero-order chi connectivity index (χ0) is 10.8. The molecule has 0 bridgehead atoms. The van der Waals surface area contributed by atoms with Gasteiger partial charge in [-0.2, -0.15) is 0 Å². The minimum atomic E-state index is -0.303. The molecule has 0 aliphatic carbocycles. The van der Waals surface area contributed by atoms with Gasteiger partial charge in [0.2, 0.25) is 0 Å². The summed E-state index contributed by atoms with van der Waals surface area (Å²) in [6, 6.07) is 3.30. The van der Waals surface area contributed by atoms with Crippen molar-refractivity contribution in [3.63, 3.8) is 0 Å². The van der Waals surface area contributed by atoms with Gasteiger partial charge in [0.1, 0.15) is 5.82 Å². The Morgan fingerprint density at radius 3 is 3.00 bits per heavy atom. The lowest BCUT2D eigenvalue weighted by molar-refractivity contribution is 0.571. The molecule has 0 saturated carbocycles. The van der Waals surface area contributed by atoms with E-state index in [9.17, 15) is 4.39 Å². The summed E-state index contributed by atoms with van der Waals surface area (Å²) in [5.41, 5.74) is 2.18. The van der Waals surface area contributed by atoms with Crippen LogP contribution in [0.2, 0.25) is 5.02 Å². The predicted octanol–water partition coefficient (Wildman–Crippen LogP) is 2.94. The highest BCUT2D eigenvalue weighted by Gasteiger charge is 2.16. The van der Waals surface area contributed by atoms with Crippen LogP contribution in [0.15, 0.2) is 12.1 Å². The monoisotopic (exact) mass is 227 g/mol. The normalized spacial score (nSPS) is 20.9. The van der Waals surface area contributed by atoms with Gasteiger partial charge < -0.3 is 5.32 Å². The van der Waals surface area contributed by atoms with Gasteiger partial charge >= 0.3 is 0 Å². The van der Waals surface area contributed by atoms with E-state index >= 15 is 0 Å². The maximum atomic E-state index is 13.3. The second-order valence-electron chi connectivity index (χ2n) is 4.26. The Labute approximate surface area is 94.6 Å². The number of benzene rings is 1. The average molecular weight is 228 g/mol. The maximum absolute atomic E-state index is 13.3. The van der Waals surface area contributed by atoms with Gasteiger partial charge in [-0.1, -0.05) is 11.6 Å². The van der Waals surface area contributed by atoms with E-state index in [4.69, 9.17) is 11.6 Å². The first-order chi connectivity index (χ1) is 7.16. The second-order valence-corrected chi connectivity index (χ2v) is 4.66. The fourth-order valence-corrected chi connectivity index (χ4v) is 2.33. The molecule has 82 valence electrons. The van der Waals surface area contributed by atoms with Gasteiger partial charge in [-0.05, 0) is 62.0 Å². The van der Waals surface area contributed by atoms with Crippen LogP contribution in [0.5, 0.6) is 0 Å². The molecule has 1 aromatic carbocycles. The van der Waals surface area contributed by atoms with Crippen LogP contribution in [0.4, 0.5) is 4.39 Å². The van der Waals surface area contributed by atoms with Crippen molar-refractivity contribution in [1.82, 2.24) is 5.32 Å². The number of hydrogen-bond donors (Lipinski definition) is 1. The van der Waals surface area contributed by atoms with Crippen molar-refractivity contribution in [3.8, 4) is 0 Å². The van der Waals surface area contributed by atoms with Crippen LogP contribution in [0.25, 0.3) is 0 Å². The third kappa shape index (κ3) is 2.50. The van der Waals surface area contributed by atoms with Gasteiger partial charge in [-0.25, -0.2) is 4.39 Å².